The highest BCUT2D eigenvalue weighted by atomic mass is 35.5. The first-order valence-electron chi connectivity index (χ1n) is 8.89. The molecule has 1 aliphatic rings. The van der Waals surface area contributed by atoms with Crippen LogP contribution in [0.25, 0.3) is 0 Å². The Balaban J connectivity index is 0.00000225. The van der Waals surface area contributed by atoms with Gasteiger partial charge in [0.1, 0.15) is 0 Å². The molecule has 25 heavy (non-hydrogen) atoms. The van der Waals surface area contributed by atoms with Gasteiger partial charge in [0.25, 0.3) is 0 Å². The number of nitrogens with one attached hydrogen (secondary N) is 1. The van der Waals surface area contributed by atoms with Gasteiger partial charge in [0.05, 0.1) is 0 Å². The van der Waals surface area contributed by atoms with Crippen molar-refractivity contribution in [2.45, 2.75) is 44.6 Å². The summed E-state index contributed by atoms with van der Waals surface area (Å²) in [7, 11) is 0. The van der Waals surface area contributed by atoms with E-state index in [4.69, 9.17) is 5.73 Å². The lowest BCUT2D eigenvalue weighted by Gasteiger charge is -2.28. The second-order valence-corrected chi connectivity index (χ2v) is 6.78. The first-order valence-corrected chi connectivity index (χ1v) is 8.89. The molecule has 2 atom stereocenters. The number of para-hydroxylation sites is 1. The van der Waals surface area contributed by atoms with Crippen LogP contribution in [-0.2, 0) is 11.2 Å². The minimum Gasteiger partial charge on any atom is -0.327 e. The lowest BCUT2D eigenvalue weighted by molar-refractivity contribution is -0.117. The van der Waals surface area contributed by atoms with Crippen LogP contribution < -0.4 is 11.1 Å². The zero-order chi connectivity index (χ0) is 16.8. The van der Waals surface area contributed by atoms with Gasteiger partial charge < -0.3 is 11.1 Å². The van der Waals surface area contributed by atoms with Crippen molar-refractivity contribution in [3.05, 3.63) is 65.7 Å². The Morgan fingerprint density at radius 3 is 2.44 bits per heavy atom. The largest absolute Gasteiger partial charge is 0.327 e. The number of halogens is 1. The SMILES string of the molecule is Cl.NC1CCCCC1CC(=O)Nc1ccccc1Cc1ccccc1. The van der Waals surface area contributed by atoms with E-state index < -0.39 is 0 Å². The van der Waals surface area contributed by atoms with Crippen molar-refractivity contribution in [1.82, 2.24) is 0 Å². The Labute approximate surface area is 156 Å². The molecule has 1 fully saturated rings. The van der Waals surface area contributed by atoms with E-state index in [1.54, 1.807) is 0 Å². The first-order chi connectivity index (χ1) is 11.7. The third-order valence-electron chi connectivity index (χ3n) is 4.94. The van der Waals surface area contributed by atoms with E-state index in [0.717, 1.165) is 30.5 Å². The fraction of sp³-hybridized carbons (Fsp3) is 0.381. The minimum absolute atomic E-state index is 0. The van der Waals surface area contributed by atoms with Gasteiger partial charge in [0.2, 0.25) is 5.91 Å². The molecule has 2 aromatic carbocycles. The molecular weight excluding hydrogens is 332 g/mol. The summed E-state index contributed by atoms with van der Waals surface area (Å²) in [4.78, 5) is 12.5. The normalized spacial score (nSPS) is 19.7. The van der Waals surface area contributed by atoms with Crippen molar-refractivity contribution in [1.29, 1.82) is 0 Å². The first kappa shape index (κ1) is 19.5. The minimum atomic E-state index is 0. The molecule has 1 aliphatic carbocycles. The lowest BCUT2D eigenvalue weighted by Crippen LogP contribution is -2.35. The van der Waals surface area contributed by atoms with Gasteiger partial charge in [-0.3, -0.25) is 4.79 Å². The van der Waals surface area contributed by atoms with Crippen LogP contribution in [0.2, 0.25) is 0 Å². The van der Waals surface area contributed by atoms with Crippen LogP contribution >= 0.6 is 12.4 Å². The Hall–Kier alpha value is -1.84. The molecule has 4 heteroatoms. The Kier molecular flexibility index (Phi) is 7.48. The average Bonchev–Trinajstić information content (AvgIpc) is 2.60. The van der Waals surface area contributed by atoms with Crippen LogP contribution in [0.3, 0.4) is 0 Å². The smallest absolute Gasteiger partial charge is 0.224 e. The molecule has 0 aromatic heterocycles. The predicted octanol–water partition coefficient (Wildman–Crippen LogP) is 4.55. The van der Waals surface area contributed by atoms with E-state index in [0.29, 0.717) is 12.3 Å². The quantitative estimate of drug-likeness (QED) is 0.824. The molecule has 3 rings (SSSR count). The molecule has 2 unspecified atom stereocenters. The summed E-state index contributed by atoms with van der Waals surface area (Å²) < 4.78 is 0. The number of rotatable bonds is 5. The molecule has 0 bridgehead atoms. The number of hydrogen-bond donors (Lipinski definition) is 2. The molecule has 0 heterocycles. The number of carbonyl (C=O) groups excluding carboxylic acids is 1. The van der Waals surface area contributed by atoms with Crippen LogP contribution in [0.1, 0.15) is 43.2 Å². The number of anilines is 1. The highest BCUT2D eigenvalue weighted by molar-refractivity contribution is 5.91. The van der Waals surface area contributed by atoms with Crippen molar-refractivity contribution in [2.24, 2.45) is 11.7 Å². The molecule has 1 amide bonds. The van der Waals surface area contributed by atoms with Crippen LogP contribution in [-0.4, -0.2) is 11.9 Å². The van der Waals surface area contributed by atoms with E-state index in [2.05, 4.69) is 23.5 Å². The van der Waals surface area contributed by atoms with E-state index in [-0.39, 0.29) is 24.4 Å². The van der Waals surface area contributed by atoms with Gasteiger partial charge in [-0.1, -0.05) is 61.4 Å². The van der Waals surface area contributed by atoms with Crippen molar-refractivity contribution in [2.75, 3.05) is 5.32 Å². The topological polar surface area (TPSA) is 55.1 Å². The third-order valence-corrected chi connectivity index (χ3v) is 4.94. The van der Waals surface area contributed by atoms with Crippen LogP contribution in [0.4, 0.5) is 5.69 Å². The molecule has 0 aliphatic heterocycles. The zero-order valence-electron chi connectivity index (χ0n) is 14.5. The molecule has 0 spiro atoms. The van der Waals surface area contributed by atoms with Gasteiger partial charge >= 0.3 is 0 Å². The summed E-state index contributed by atoms with van der Waals surface area (Å²) in [5, 5.41) is 3.10. The van der Waals surface area contributed by atoms with Crippen molar-refractivity contribution < 1.29 is 4.79 Å². The number of amides is 1. The maximum atomic E-state index is 12.5. The Morgan fingerprint density at radius 2 is 1.68 bits per heavy atom. The van der Waals surface area contributed by atoms with E-state index in [1.807, 2.05) is 36.4 Å². The van der Waals surface area contributed by atoms with Gasteiger partial charge in [-0.15, -0.1) is 12.4 Å². The summed E-state index contributed by atoms with van der Waals surface area (Å²) in [5.41, 5.74) is 9.47. The van der Waals surface area contributed by atoms with Gasteiger partial charge in [0, 0.05) is 18.2 Å². The van der Waals surface area contributed by atoms with Crippen LogP contribution in [0, 0.1) is 5.92 Å². The standard InChI is InChI=1S/C21H26N2O.ClH/c22-19-12-6-4-10-17(19)15-21(24)23-20-13-7-5-11-18(20)14-16-8-2-1-3-9-16;/h1-3,5,7-9,11,13,17,19H,4,6,10,12,14-15,22H2,(H,23,24);1H. The number of benzene rings is 2. The van der Waals surface area contributed by atoms with Crippen molar-refractivity contribution in [3.8, 4) is 0 Å². The molecule has 3 nitrogen and oxygen atoms in total. The highest BCUT2D eigenvalue weighted by Gasteiger charge is 2.24. The van der Waals surface area contributed by atoms with Gasteiger partial charge in [-0.05, 0) is 42.4 Å². The molecule has 134 valence electrons. The second-order valence-electron chi connectivity index (χ2n) is 6.78. The van der Waals surface area contributed by atoms with Gasteiger partial charge in [-0.2, -0.15) is 0 Å². The Bertz CT molecular complexity index is 675. The number of carbonyl (C=O) groups is 1. The lowest BCUT2D eigenvalue weighted by atomic mass is 9.83. The van der Waals surface area contributed by atoms with Crippen LogP contribution in [0.15, 0.2) is 54.6 Å². The van der Waals surface area contributed by atoms with Crippen molar-refractivity contribution >= 4 is 24.0 Å². The van der Waals surface area contributed by atoms with Gasteiger partial charge in [-0.25, -0.2) is 0 Å². The number of nitrogens with two attached hydrogens (primary N) is 1. The fourth-order valence-electron chi connectivity index (χ4n) is 3.54. The molecule has 0 radical (unpaired) electrons. The summed E-state index contributed by atoms with van der Waals surface area (Å²) in [6.07, 6.45) is 5.85. The molecular formula is C21H27ClN2O. The molecule has 3 N–H and O–H groups in total. The zero-order valence-corrected chi connectivity index (χ0v) is 15.3. The summed E-state index contributed by atoms with van der Waals surface area (Å²) in [6, 6.07) is 18.5. The molecule has 2 aromatic rings. The predicted molar refractivity (Wildman–Crippen MR) is 106 cm³/mol. The highest BCUT2D eigenvalue weighted by Crippen LogP contribution is 2.26. The maximum Gasteiger partial charge on any atom is 0.224 e. The number of hydrogen-bond acceptors (Lipinski definition) is 2. The third kappa shape index (κ3) is 5.58. The van der Waals surface area contributed by atoms with E-state index in [1.165, 1.54) is 18.4 Å². The van der Waals surface area contributed by atoms with Gasteiger partial charge in [0.15, 0.2) is 0 Å². The van der Waals surface area contributed by atoms with Crippen LogP contribution in [0.5, 0.6) is 0 Å². The fourth-order valence-corrected chi connectivity index (χ4v) is 3.54. The monoisotopic (exact) mass is 358 g/mol. The second kappa shape index (κ2) is 9.59. The Morgan fingerprint density at radius 1 is 1.00 bits per heavy atom. The summed E-state index contributed by atoms with van der Waals surface area (Å²) in [6.45, 7) is 0. The van der Waals surface area contributed by atoms with E-state index >= 15 is 0 Å². The van der Waals surface area contributed by atoms with Crippen molar-refractivity contribution in [3.63, 3.8) is 0 Å². The van der Waals surface area contributed by atoms with E-state index in [9.17, 15) is 4.79 Å². The maximum absolute atomic E-state index is 12.5. The summed E-state index contributed by atoms with van der Waals surface area (Å²) >= 11 is 0. The molecule has 0 saturated heterocycles. The average molecular weight is 359 g/mol. The summed E-state index contributed by atoms with van der Waals surface area (Å²) in [5.74, 6) is 0.401. The molecule has 1 saturated carbocycles.